The molecular formula is C15H22N6O2. The fourth-order valence-corrected chi connectivity index (χ4v) is 2.07. The molecule has 0 saturated heterocycles. The second kappa shape index (κ2) is 7.08. The van der Waals surface area contributed by atoms with Crippen molar-refractivity contribution in [3.05, 3.63) is 29.8 Å². The molecule has 0 saturated carbocycles. The highest BCUT2D eigenvalue weighted by atomic mass is 16.2. The summed E-state index contributed by atoms with van der Waals surface area (Å²) in [6, 6.07) is 1.82. The fraction of sp³-hybridized carbons (Fsp3) is 0.467. The van der Waals surface area contributed by atoms with E-state index < -0.39 is 0 Å². The van der Waals surface area contributed by atoms with E-state index in [0.717, 1.165) is 5.69 Å². The van der Waals surface area contributed by atoms with Gasteiger partial charge in [-0.1, -0.05) is 13.8 Å². The lowest BCUT2D eigenvalue weighted by Gasteiger charge is -2.10. The molecule has 0 aliphatic carbocycles. The van der Waals surface area contributed by atoms with Gasteiger partial charge in [-0.15, -0.1) is 0 Å². The van der Waals surface area contributed by atoms with E-state index in [1.807, 2.05) is 26.8 Å². The van der Waals surface area contributed by atoms with E-state index in [0.29, 0.717) is 23.8 Å². The van der Waals surface area contributed by atoms with E-state index >= 15 is 0 Å². The Bertz CT molecular complexity index is 701. The molecule has 2 N–H and O–H groups in total. The van der Waals surface area contributed by atoms with Crippen molar-refractivity contribution in [1.82, 2.24) is 24.9 Å². The van der Waals surface area contributed by atoms with Gasteiger partial charge in [0, 0.05) is 25.5 Å². The number of carbonyl (C=O) groups is 2. The molecule has 8 heteroatoms. The third-order valence-corrected chi connectivity index (χ3v) is 3.32. The monoisotopic (exact) mass is 318 g/mol. The van der Waals surface area contributed by atoms with Gasteiger partial charge in [0.25, 0.3) is 5.91 Å². The molecule has 23 heavy (non-hydrogen) atoms. The first kappa shape index (κ1) is 16.7. The molecule has 0 aliphatic heterocycles. The highest BCUT2D eigenvalue weighted by Gasteiger charge is 2.19. The molecule has 0 atom stereocenters. The van der Waals surface area contributed by atoms with Crippen LogP contribution in [0, 0.1) is 12.8 Å². The summed E-state index contributed by atoms with van der Waals surface area (Å²) in [5.41, 5.74) is 1.61. The first-order valence-corrected chi connectivity index (χ1v) is 7.47. The Kier molecular flexibility index (Phi) is 5.15. The molecule has 0 spiro atoms. The second-order valence-corrected chi connectivity index (χ2v) is 5.81. The molecular weight excluding hydrogens is 296 g/mol. The van der Waals surface area contributed by atoms with Gasteiger partial charge < -0.3 is 10.6 Å². The molecule has 2 heterocycles. The Hall–Kier alpha value is -2.64. The Morgan fingerprint density at radius 3 is 2.65 bits per heavy atom. The van der Waals surface area contributed by atoms with Crippen molar-refractivity contribution in [2.45, 2.75) is 27.3 Å². The maximum Gasteiger partial charge on any atom is 0.271 e. The van der Waals surface area contributed by atoms with Gasteiger partial charge in [-0.3, -0.25) is 19.0 Å². The number of hydrogen-bond donors (Lipinski definition) is 2. The standard InChI is InChI=1S/C15H22N6O2/c1-10(2)7-16-15(23)14-12(8-18-20(14)4)19-13(22)9-21-11(3)5-6-17-21/h5-6,8,10H,7,9H2,1-4H3,(H,16,23)(H,19,22). The number of carbonyl (C=O) groups excluding carboxylic acids is 2. The van der Waals surface area contributed by atoms with Crippen LogP contribution in [0.4, 0.5) is 5.69 Å². The highest BCUT2D eigenvalue weighted by molar-refractivity contribution is 6.02. The summed E-state index contributed by atoms with van der Waals surface area (Å²) in [5.74, 6) is -0.181. The molecule has 0 unspecified atom stereocenters. The van der Waals surface area contributed by atoms with E-state index in [1.54, 1.807) is 17.9 Å². The van der Waals surface area contributed by atoms with Crippen LogP contribution >= 0.6 is 0 Å². The summed E-state index contributed by atoms with van der Waals surface area (Å²) in [6.07, 6.45) is 3.11. The zero-order chi connectivity index (χ0) is 17.0. The average molecular weight is 318 g/mol. The van der Waals surface area contributed by atoms with E-state index in [4.69, 9.17) is 0 Å². The third-order valence-electron chi connectivity index (χ3n) is 3.32. The van der Waals surface area contributed by atoms with Crippen molar-refractivity contribution >= 4 is 17.5 Å². The van der Waals surface area contributed by atoms with Crippen molar-refractivity contribution in [3.63, 3.8) is 0 Å². The fourth-order valence-electron chi connectivity index (χ4n) is 2.07. The minimum absolute atomic E-state index is 0.0841. The first-order chi connectivity index (χ1) is 10.9. The molecule has 2 aromatic rings. The second-order valence-electron chi connectivity index (χ2n) is 5.81. The van der Waals surface area contributed by atoms with Crippen LogP contribution < -0.4 is 10.6 Å². The summed E-state index contributed by atoms with van der Waals surface area (Å²) in [4.78, 5) is 24.4. The summed E-state index contributed by atoms with van der Waals surface area (Å²) >= 11 is 0. The number of aryl methyl sites for hydroxylation is 2. The number of nitrogens with zero attached hydrogens (tertiary/aromatic N) is 4. The first-order valence-electron chi connectivity index (χ1n) is 7.47. The van der Waals surface area contributed by atoms with E-state index in [1.165, 1.54) is 10.9 Å². The van der Waals surface area contributed by atoms with Gasteiger partial charge >= 0.3 is 0 Å². The van der Waals surface area contributed by atoms with Gasteiger partial charge in [-0.25, -0.2) is 0 Å². The van der Waals surface area contributed by atoms with Gasteiger partial charge in [0.05, 0.1) is 11.9 Å². The lowest BCUT2D eigenvalue weighted by Crippen LogP contribution is -2.30. The van der Waals surface area contributed by atoms with Crippen LogP contribution in [0.5, 0.6) is 0 Å². The Morgan fingerprint density at radius 2 is 2.04 bits per heavy atom. The van der Waals surface area contributed by atoms with Crippen LogP contribution in [-0.4, -0.2) is 37.9 Å². The van der Waals surface area contributed by atoms with Crippen LogP contribution in [-0.2, 0) is 18.4 Å². The van der Waals surface area contributed by atoms with Gasteiger partial charge in [0.2, 0.25) is 5.91 Å². The molecule has 2 amide bonds. The topological polar surface area (TPSA) is 93.8 Å². The Balaban J connectivity index is 2.07. The van der Waals surface area contributed by atoms with Crippen LogP contribution in [0.3, 0.4) is 0 Å². The average Bonchev–Trinajstić information content (AvgIpc) is 3.03. The zero-order valence-corrected chi connectivity index (χ0v) is 13.8. The van der Waals surface area contributed by atoms with Gasteiger partial charge in [0.15, 0.2) is 0 Å². The van der Waals surface area contributed by atoms with Crippen molar-refractivity contribution < 1.29 is 9.59 Å². The SMILES string of the molecule is Cc1ccnn1CC(=O)Nc1cnn(C)c1C(=O)NCC(C)C. The molecule has 0 aliphatic rings. The van der Waals surface area contributed by atoms with Gasteiger partial charge in [-0.05, 0) is 18.9 Å². The number of hydrogen-bond acceptors (Lipinski definition) is 4. The molecule has 0 aromatic carbocycles. The molecule has 2 rings (SSSR count). The van der Waals surface area contributed by atoms with Crippen molar-refractivity contribution in [1.29, 1.82) is 0 Å². The summed E-state index contributed by atoms with van der Waals surface area (Å²) in [5, 5.41) is 13.7. The number of amides is 2. The Labute approximate surface area is 134 Å². The predicted molar refractivity (Wildman–Crippen MR) is 86.0 cm³/mol. The minimum atomic E-state index is -0.261. The van der Waals surface area contributed by atoms with Gasteiger partial charge in [0.1, 0.15) is 12.2 Å². The lowest BCUT2D eigenvalue weighted by molar-refractivity contribution is -0.116. The number of rotatable bonds is 6. The molecule has 124 valence electrons. The van der Waals surface area contributed by atoms with E-state index in [2.05, 4.69) is 20.8 Å². The number of anilines is 1. The molecule has 0 bridgehead atoms. The predicted octanol–water partition coefficient (Wildman–Crippen LogP) is 0.950. The van der Waals surface area contributed by atoms with Crippen molar-refractivity contribution in [2.24, 2.45) is 13.0 Å². The normalized spacial score (nSPS) is 10.8. The number of aromatic nitrogens is 4. The van der Waals surface area contributed by atoms with Crippen molar-refractivity contribution in [3.8, 4) is 0 Å². The van der Waals surface area contributed by atoms with Crippen LogP contribution in [0.1, 0.15) is 30.0 Å². The van der Waals surface area contributed by atoms with Crippen LogP contribution in [0.15, 0.2) is 18.5 Å². The summed E-state index contributed by atoms with van der Waals surface area (Å²) in [7, 11) is 1.66. The largest absolute Gasteiger partial charge is 0.350 e. The van der Waals surface area contributed by atoms with Crippen LogP contribution in [0.25, 0.3) is 0 Å². The zero-order valence-electron chi connectivity index (χ0n) is 13.8. The van der Waals surface area contributed by atoms with E-state index in [9.17, 15) is 9.59 Å². The Morgan fingerprint density at radius 1 is 1.30 bits per heavy atom. The maximum atomic E-state index is 12.3. The summed E-state index contributed by atoms with van der Waals surface area (Å²) < 4.78 is 3.04. The summed E-state index contributed by atoms with van der Waals surface area (Å²) in [6.45, 7) is 6.54. The molecule has 8 nitrogen and oxygen atoms in total. The molecule has 0 fully saturated rings. The smallest absolute Gasteiger partial charge is 0.271 e. The van der Waals surface area contributed by atoms with Gasteiger partial charge in [-0.2, -0.15) is 10.2 Å². The third kappa shape index (κ3) is 4.18. The minimum Gasteiger partial charge on any atom is -0.350 e. The maximum absolute atomic E-state index is 12.3. The number of nitrogens with one attached hydrogen (secondary N) is 2. The van der Waals surface area contributed by atoms with Crippen molar-refractivity contribution in [2.75, 3.05) is 11.9 Å². The lowest BCUT2D eigenvalue weighted by atomic mass is 10.2. The van der Waals surface area contributed by atoms with Crippen LogP contribution in [0.2, 0.25) is 0 Å². The quantitative estimate of drug-likeness (QED) is 0.829. The highest BCUT2D eigenvalue weighted by Crippen LogP contribution is 2.14. The molecule has 0 radical (unpaired) electrons. The van der Waals surface area contributed by atoms with E-state index in [-0.39, 0.29) is 18.4 Å². The molecule has 2 aromatic heterocycles.